The number of imidazole rings is 1. The lowest BCUT2D eigenvalue weighted by atomic mass is 9.85. The first-order chi connectivity index (χ1) is 15.8. The number of aliphatic carboxylic acids is 1. The summed E-state index contributed by atoms with van der Waals surface area (Å²) in [6, 6.07) is 7.22. The van der Waals surface area contributed by atoms with Crippen molar-refractivity contribution in [2.24, 2.45) is 11.8 Å². The average molecular weight is 468 g/mol. The van der Waals surface area contributed by atoms with E-state index in [1.807, 2.05) is 19.9 Å². The molecule has 1 saturated carbocycles. The first kappa shape index (κ1) is 23.5. The van der Waals surface area contributed by atoms with Crippen LogP contribution in [0.2, 0.25) is 0 Å². The van der Waals surface area contributed by atoms with Crippen LogP contribution in [0, 0.1) is 11.8 Å². The van der Waals surface area contributed by atoms with Gasteiger partial charge in [0.25, 0.3) is 5.91 Å². The summed E-state index contributed by atoms with van der Waals surface area (Å²) in [6.45, 7) is 6.22. The molecule has 0 saturated heterocycles. The molecule has 33 heavy (non-hydrogen) atoms. The van der Waals surface area contributed by atoms with Crippen molar-refractivity contribution in [2.45, 2.75) is 71.4 Å². The van der Waals surface area contributed by atoms with Crippen LogP contribution in [0.25, 0.3) is 11.0 Å². The van der Waals surface area contributed by atoms with E-state index in [1.165, 1.54) is 24.8 Å². The van der Waals surface area contributed by atoms with E-state index >= 15 is 0 Å². The van der Waals surface area contributed by atoms with E-state index in [0.29, 0.717) is 23.9 Å². The van der Waals surface area contributed by atoms with Gasteiger partial charge in [-0.05, 0) is 71.7 Å². The zero-order valence-electron chi connectivity index (χ0n) is 19.6. The van der Waals surface area contributed by atoms with Gasteiger partial charge in [-0.2, -0.15) is 11.3 Å². The number of thiophene rings is 1. The van der Waals surface area contributed by atoms with Crippen LogP contribution < -0.4 is 5.32 Å². The third-order valence-corrected chi connectivity index (χ3v) is 7.41. The molecule has 3 atom stereocenters. The molecule has 0 radical (unpaired) electrons. The van der Waals surface area contributed by atoms with Gasteiger partial charge in [0.1, 0.15) is 11.9 Å². The average Bonchev–Trinajstić information content (AvgIpc) is 3.40. The number of benzene rings is 1. The molecule has 0 spiro atoms. The molecule has 1 amide bonds. The summed E-state index contributed by atoms with van der Waals surface area (Å²) < 4.78 is 2.40. The van der Waals surface area contributed by atoms with E-state index in [1.54, 1.807) is 23.5 Å². The van der Waals surface area contributed by atoms with Gasteiger partial charge in [0, 0.05) is 18.0 Å². The molecule has 2 unspecified atom stereocenters. The van der Waals surface area contributed by atoms with Crippen molar-refractivity contribution in [2.75, 3.05) is 0 Å². The molecule has 1 aromatic carbocycles. The van der Waals surface area contributed by atoms with Crippen LogP contribution in [-0.2, 0) is 11.2 Å². The van der Waals surface area contributed by atoms with Gasteiger partial charge in [-0.1, -0.05) is 33.6 Å². The molecular weight excluding hydrogens is 434 g/mol. The number of hydrogen-bond donors (Lipinski definition) is 2. The second kappa shape index (κ2) is 10.1. The van der Waals surface area contributed by atoms with E-state index in [4.69, 9.17) is 4.98 Å². The molecule has 0 aliphatic heterocycles. The first-order valence-corrected chi connectivity index (χ1v) is 12.8. The number of rotatable bonds is 8. The Labute approximate surface area is 199 Å². The first-order valence-electron chi connectivity index (χ1n) is 11.9. The maximum atomic E-state index is 12.9. The molecule has 6 nitrogen and oxygen atoms in total. The van der Waals surface area contributed by atoms with Gasteiger partial charge in [-0.3, -0.25) is 4.79 Å². The van der Waals surface area contributed by atoms with E-state index in [0.717, 1.165) is 29.7 Å². The Balaban J connectivity index is 1.68. The van der Waals surface area contributed by atoms with Crippen LogP contribution in [0.1, 0.15) is 80.7 Å². The molecular formula is C26H33N3O3S. The highest BCUT2D eigenvalue weighted by molar-refractivity contribution is 7.07. The molecule has 1 fully saturated rings. The van der Waals surface area contributed by atoms with Gasteiger partial charge in [0.2, 0.25) is 0 Å². The van der Waals surface area contributed by atoms with E-state index in [9.17, 15) is 14.7 Å². The molecule has 3 aromatic rings. The number of hydrogen-bond acceptors (Lipinski definition) is 4. The summed E-state index contributed by atoms with van der Waals surface area (Å²) in [5, 5.41) is 16.4. The second-order valence-corrected chi connectivity index (χ2v) is 10.5. The molecule has 1 aliphatic rings. The normalized spacial score (nSPS) is 19.6. The lowest BCUT2D eigenvalue weighted by molar-refractivity contribution is -0.139. The molecule has 2 N–H and O–H groups in total. The summed E-state index contributed by atoms with van der Waals surface area (Å²) in [5.74, 6) is 0.397. The fourth-order valence-electron chi connectivity index (χ4n) is 4.98. The van der Waals surface area contributed by atoms with Crippen molar-refractivity contribution in [1.82, 2.24) is 14.9 Å². The van der Waals surface area contributed by atoms with Crippen LogP contribution in [0.5, 0.6) is 0 Å². The number of amides is 1. The largest absolute Gasteiger partial charge is 0.480 e. The number of carboxylic acids is 1. The Morgan fingerprint density at radius 1 is 1.24 bits per heavy atom. The van der Waals surface area contributed by atoms with E-state index < -0.39 is 12.0 Å². The van der Waals surface area contributed by atoms with E-state index in [-0.39, 0.29) is 11.8 Å². The maximum Gasteiger partial charge on any atom is 0.326 e. The number of fused-ring (bicyclic) bond motifs is 1. The van der Waals surface area contributed by atoms with E-state index in [2.05, 4.69) is 33.6 Å². The van der Waals surface area contributed by atoms with Crippen LogP contribution in [0.15, 0.2) is 35.0 Å². The van der Waals surface area contributed by atoms with Crippen LogP contribution in [-0.4, -0.2) is 32.6 Å². The molecule has 1 aliphatic carbocycles. The minimum absolute atomic E-state index is 0.168. The fraction of sp³-hybridized carbons (Fsp3) is 0.500. The molecule has 176 valence electrons. The van der Waals surface area contributed by atoms with Crippen molar-refractivity contribution in [3.8, 4) is 0 Å². The third-order valence-electron chi connectivity index (χ3n) is 6.68. The van der Waals surface area contributed by atoms with Crippen molar-refractivity contribution < 1.29 is 14.7 Å². The van der Waals surface area contributed by atoms with Crippen LogP contribution in [0.3, 0.4) is 0 Å². The lowest BCUT2D eigenvalue weighted by Crippen LogP contribution is -2.41. The summed E-state index contributed by atoms with van der Waals surface area (Å²) in [4.78, 5) is 29.4. The molecule has 7 heteroatoms. The number of carboxylic acid groups (broad SMARTS) is 1. The minimum atomic E-state index is -1.01. The Morgan fingerprint density at radius 3 is 2.70 bits per heavy atom. The van der Waals surface area contributed by atoms with Crippen molar-refractivity contribution in [3.05, 3.63) is 52.0 Å². The van der Waals surface area contributed by atoms with Crippen LogP contribution >= 0.6 is 11.3 Å². The van der Waals surface area contributed by atoms with Gasteiger partial charge in [0.15, 0.2) is 0 Å². The molecule has 4 rings (SSSR count). The number of carbonyl (C=O) groups is 2. The standard InChI is InChI=1S/C26H33N3O3S/c1-16(2)12-21(26(31)32)28-25(30)19-8-9-23-20(14-19)27-24(13-18-10-11-33-15-18)29(23)22-7-5-4-6-17(22)3/h8-11,14-17,21-22H,4-7,12-13H2,1-3H3,(H,28,30)(H,31,32)/t17?,21-,22?/m0/s1. The summed E-state index contributed by atoms with van der Waals surface area (Å²) in [6.07, 6.45) is 6.01. The predicted octanol–water partition coefficient (Wildman–Crippen LogP) is 5.67. The van der Waals surface area contributed by atoms with Gasteiger partial charge >= 0.3 is 5.97 Å². The predicted molar refractivity (Wildman–Crippen MR) is 132 cm³/mol. The molecule has 2 aromatic heterocycles. The van der Waals surface area contributed by atoms with Gasteiger partial charge in [0.05, 0.1) is 11.0 Å². The highest BCUT2D eigenvalue weighted by Gasteiger charge is 2.28. The third kappa shape index (κ3) is 5.29. The Hall–Kier alpha value is -2.67. The van der Waals surface area contributed by atoms with Gasteiger partial charge < -0.3 is 15.0 Å². The SMILES string of the molecule is CC(C)C[C@H](NC(=O)c1ccc2c(c1)nc(Cc1ccsc1)n2C1CCCCC1C)C(=O)O. The summed E-state index contributed by atoms with van der Waals surface area (Å²) in [7, 11) is 0. The number of nitrogens with zero attached hydrogens (tertiary/aromatic N) is 2. The van der Waals surface area contributed by atoms with Crippen molar-refractivity contribution in [1.29, 1.82) is 0 Å². The zero-order chi connectivity index (χ0) is 23.5. The number of nitrogens with one attached hydrogen (secondary N) is 1. The van der Waals surface area contributed by atoms with Gasteiger partial charge in [-0.15, -0.1) is 0 Å². The van der Waals surface area contributed by atoms with Crippen molar-refractivity contribution >= 4 is 34.2 Å². The second-order valence-electron chi connectivity index (χ2n) is 9.73. The zero-order valence-corrected chi connectivity index (χ0v) is 20.4. The molecule has 0 bridgehead atoms. The maximum absolute atomic E-state index is 12.9. The molecule has 2 heterocycles. The minimum Gasteiger partial charge on any atom is -0.480 e. The van der Waals surface area contributed by atoms with Crippen LogP contribution in [0.4, 0.5) is 0 Å². The Kier molecular flexibility index (Phi) is 7.17. The fourth-order valence-corrected chi connectivity index (χ4v) is 5.64. The summed E-state index contributed by atoms with van der Waals surface area (Å²) >= 11 is 1.69. The monoisotopic (exact) mass is 467 g/mol. The van der Waals surface area contributed by atoms with Crippen molar-refractivity contribution in [3.63, 3.8) is 0 Å². The number of aromatic nitrogens is 2. The number of carbonyl (C=O) groups excluding carboxylic acids is 1. The summed E-state index contributed by atoms with van der Waals surface area (Å²) in [5.41, 5.74) is 3.53. The highest BCUT2D eigenvalue weighted by Crippen LogP contribution is 2.37. The lowest BCUT2D eigenvalue weighted by Gasteiger charge is -2.31. The Bertz CT molecular complexity index is 1120. The smallest absolute Gasteiger partial charge is 0.326 e. The quantitative estimate of drug-likeness (QED) is 0.447. The highest BCUT2D eigenvalue weighted by atomic mass is 32.1. The topological polar surface area (TPSA) is 84.2 Å². The van der Waals surface area contributed by atoms with Gasteiger partial charge in [-0.25, -0.2) is 9.78 Å². The Morgan fingerprint density at radius 2 is 2.03 bits per heavy atom.